The van der Waals surface area contributed by atoms with Crippen LogP contribution in [0.3, 0.4) is 0 Å². The summed E-state index contributed by atoms with van der Waals surface area (Å²) in [6.45, 7) is 0. The first kappa shape index (κ1) is 7.50. The molecular weight excluding hydrogens is 174 g/mol. The number of halogens is 1. The first-order chi connectivity index (χ1) is 5.81. The number of aromatic nitrogens is 1. The number of rotatable bonds is 1. The van der Waals surface area contributed by atoms with E-state index in [-0.39, 0.29) is 0 Å². The minimum absolute atomic E-state index is 0.718. The molecule has 0 bridgehead atoms. The van der Waals surface area contributed by atoms with Gasteiger partial charge in [0.25, 0.3) is 0 Å². The Morgan fingerprint density at radius 1 is 1.42 bits per heavy atom. The molecule has 0 amide bonds. The van der Waals surface area contributed by atoms with E-state index in [4.69, 9.17) is 16.3 Å². The fraction of sp³-hybridized carbons (Fsp3) is 0.111. The molecule has 0 fully saturated rings. The van der Waals surface area contributed by atoms with Crippen LogP contribution in [-0.4, -0.2) is 12.1 Å². The van der Waals surface area contributed by atoms with E-state index in [1.807, 2.05) is 24.3 Å². The van der Waals surface area contributed by atoms with Crippen molar-refractivity contribution in [3.05, 3.63) is 29.3 Å². The third-order valence-corrected chi connectivity index (χ3v) is 2.12. The summed E-state index contributed by atoms with van der Waals surface area (Å²) in [6.07, 6.45) is 0. The zero-order valence-corrected chi connectivity index (χ0v) is 7.35. The van der Waals surface area contributed by atoms with Crippen molar-refractivity contribution in [3.8, 4) is 5.88 Å². The summed E-state index contributed by atoms with van der Waals surface area (Å²) in [5.41, 5.74) is 0.927. The van der Waals surface area contributed by atoms with Crippen molar-refractivity contribution in [3.63, 3.8) is 0 Å². The highest BCUT2D eigenvalue weighted by atomic mass is 35.5. The molecule has 2 rings (SSSR count). The highest BCUT2D eigenvalue weighted by Crippen LogP contribution is 2.26. The molecule has 0 unspecified atom stereocenters. The van der Waals surface area contributed by atoms with Gasteiger partial charge in [-0.3, -0.25) is 0 Å². The lowest BCUT2D eigenvalue weighted by molar-refractivity contribution is 0.401. The van der Waals surface area contributed by atoms with E-state index in [1.165, 1.54) is 0 Å². The van der Waals surface area contributed by atoms with Crippen molar-refractivity contribution in [2.24, 2.45) is 0 Å². The van der Waals surface area contributed by atoms with Crippen LogP contribution in [0.25, 0.3) is 10.9 Å². The van der Waals surface area contributed by atoms with Gasteiger partial charge in [-0.15, -0.1) is 0 Å². The van der Waals surface area contributed by atoms with Crippen LogP contribution in [0.5, 0.6) is 5.88 Å². The van der Waals surface area contributed by atoms with Gasteiger partial charge in [-0.05, 0) is 6.07 Å². The Morgan fingerprint density at radius 3 is 2.92 bits per heavy atom. The van der Waals surface area contributed by atoms with Gasteiger partial charge in [0.2, 0.25) is 0 Å². The van der Waals surface area contributed by atoms with Crippen molar-refractivity contribution < 1.29 is 4.74 Å². The highest BCUT2D eigenvalue weighted by Gasteiger charge is 2.02. The minimum atomic E-state index is 0.718. The Morgan fingerprint density at radius 2 is 2.25 bits per heavy atom. The summed E-state index contributed by atoms with van der Waals surface area (Å²) in [6, 6.07) is 7.67. The molecule has 0 saturated heterocycles. The maximum Gasteiger partial charge on any atom is 0.191 e. The summed E-state index contributed by atoms with van der Waals surface area (Å²) >= 11 is 5.94. The monoisotopic (exact) mass is 181 g/mol. The lowest BCUT2D eigenvalue weighted by atomic mass is 10.2. The lowest BCUT2D eigenvalue weighted by Crippen LogP contribution is -1.79. The smallest absolute Gasteiger partial charge is 0.191 e. The summed E-state index contributed by atoms with van der Waals surface area (Å²) in [5.74, 6) is 0.734. The second-order valence-electron chi connectivity index (χ2n) is 2.54. The summed E-state index contributed by atoms with van der Waals surface area (Å²) < 4.78 is 5.04. The SMILES string of the molecule is COc1cc2cccc(Cl)c2[nH]1. The Kier molecular flexibility index (Phi) is 1.70. The molecule has 0 saturated carbocycles. The van der Waals surface area contributed by atoms with E-state index in [0.717, 1.165) is 21.8 Å². The Balaban J connectivity index is 2.74. The quantitative estimate of drug-likeness (QED) is 0.719. The van der Waals surface area contributed by atoms with E-state index in [1.54, 1.807) is 7.11 Å². The van der Waals surface area contributed by atoms with Gasteiger partial charge in [0.15, 0.2) is 5.88 Å². The van der Waals surface area contributed by atoms with E-state index in [9.17, 15) is 0 Å². The molecule has 1 aromatic carbocycles. The molecule has 1 N–H and O–H groups in total. The standard InChI is InChI=1S/C9H8ClNO/c1-12-8-5-6-3-2-4-7(10)9(6)11-8/h2-5,11H,1H3. The van der Waals surface area contributed by atoms with Crippen LogP contribution in [0.15, 0.2) is 24.3 Å². The molecule has 0 aliphatic heterocycles. The second-order valence-corrected chi connectivity index (χ2v) is 2.95. The van der Waals surface area contributed by atoms with Crippen LogP contribution >= 0.6 is 11.6 Å². The van der Waals surface area contributed by atoms with E-state index in [2.05, 4.69) is 4.98 Å². The highest BCUT2D eigenvalue weighted by molar-refractivity contribution is 6.35. The fourth-order valence-corrected chi connectivity index (χ4v) is 1.43. The normalized spacial score (nSPS) is 10.5. The van der Waals surface area contributed by atoms with Crippen LogP contribution in [0.1, 0.15) is 0 Å². The average molecular weight is 182 g/mol. The van der Waals surface area contributed by atoms with Gasteiger partial charge >= 0.3 is 0 Å². The van der Waals surface area contributed by atoms with Crippen LogP contribution in [0.2, 0.25) is 5.02 Å². The average Bonchev–Trinajstić information content (AvgIpc) is 2.49. The van der Waals surface area contributed by atoms with Crippen molar-refractivity contribution in [1.82, 2.24) is 4.98 Å². The molecule has 2 nitrogen and oxygen atoms in total. The summed E-state index contributed by atoms with van der Waals surface area (Å²) in [5, 5.41) is 1.79. The molecule has 0 atom stereocenters. The number of H-pyrrole nitrogens is 1. The van der Waals surface area contributed by atoms with Crippen molar-refractivity contribution >= 4 is 22.5 Å². The number of fused-ring (bicyclic) bond motifs is 1. The molecule has 2 aromatic rings. The molecular formula is C9H8ClNO. The summed E-state index contributed by atoms with van der Waals surface area (Å²) in [4.78, 5) is 3.06. The zero-order valence-electron chi connectivity index (χ0n) is 6.60. The predicted octanol–water partition coefficient (Wildman–Crippen LogP) is 2.83. The molecule has 62 valence electrons. The maximum atomic E-state index is 5.94. The fourth-order valence-electron chi connectivity index (χ4n) is 1.20. The number of ether oxygens (including phenoxy) is 1. The number of hydrogen-bond acceptors (Lipinski definition) is 1. The molecule has 0 radical (unpaired) electrons. The van der Waals surface area contributed by atoms with Crippen molar-refractivity contribution in [1.29, 1.82) is 0 Å². The minimum Gasteiger partial charge on any atom is -0.482 e. The lowest BCUT2D eigenvalue weighted by Gasteiger charge is -1.91. The third kappa shape index (κ3) is 1.04. The van der Waals surface area contributed by atoms with Crippen LogP contribution in [-0.2, 0) is 0 Å². The van der Waals surface area contributed by atoms with Gasteiger partial charge in [0.05, 0.1) is 17.6 Å². The molecule has 0 spiro atoms. The van der Waals surface area contributed by atoms with E-state index < -0.39 is 0 Å². The zero-order chi connectivity index (χ0) is 8.55. The Hall–Kier alpha value is -1.15. The van der Waals surface area contributed by atoms with Crippen molar-refractivity contribution in [2.45, 2.75) is 0 Å². The number of nitrogens with one attached hydrogen (secondary N) is 1. The number of aromatic amines is 1. The number of methoxy groups -OCH3 is 1. The van der Waals surface area contributed by atoms with Gasteiger partial charge in [-0.2, -0.15) is 0 Å². The maximum absolute atomic E-state index is 5.94. The first-order valence-corrected chi connectivity index (χ1v) is 4.00. The molecule has 1 aromatic heterocycles. The largest absolute Gasteiger partial charge is 0.482 e. The topological polar surface area (TPSA) is 25.0 Å². The van der Waals surface area contributed by atoms with Gasteiger partial charge in [0, 0.05) is 11.5 Å². The third-order valence-electron chi connectivity index (χ3n) is 1.80. The van der Waals surface area contributed by atoms with Gasteiger partial charge < -0.3 is 9.72 Å². The number of para-hydroxylation sites is 1. The van der Waals surface area contributed by atoms with Gasteiger partial charge in [0.1, 0.15) is 0 Å². The molecule has 0 aliphatic rings. The van der Waals surface area contributed by atoms with Crippen molar-refractivity contribution in [2.75, 3.05) is 7.11 Å². The van der Waals surface area contributed by atoms with Crippen LogP contribution in [0, 0.1) is 0 Å². The summed E-state index contributed by atoms with van der Waals surface area (Å²) in [7, 11) is 1.62. The van der Waals surface area contributed by atoms with Gasteiger partial charge in [-0.25, -0.2) is 0 Å². The van der Waals surface area contributed by atoms with E-state index >= 15 is 0 Å². The molecule has 12 heavy (non-hydrogen) atoms. The second kappa shape index (κ2) is 2.72. The molecule has 0 aliphatic carbocycles. The van der Waals surface area contributed by atoms with Crippen LogP contribution < -0.4 is 4.74 Å². The Labute approximate surface area is 75.1 Å². The number of benzene rings is 1. The first-order valence-electron chi connectivity index (χ1n) is 3.62. The molecule has 1 heterocycles. The van der Waals surface area contributed by atoms with Gasteiger partial charge in [-0.1, -0.05) is 23.7 Å². The Bertz CT molecular complexity index is 408. The van der Waals surface area contributed by atoms with E-state index in [0.29, 0.717) is 0 Å². The predicted molar refractivity (Wildman–Crippen MR) is 49.9 cm³/mol. The van der Waals surface area contributed by atoms with Crippen LogP contribution in [0.4, 0.5) is 0 Å². The number of hydrogen-bond donors (Lipinski definition) is 1. The molecule has 3 heteroatoms.